The summed E-state index contributed by atoms with van der Waals surface area (Å²) < 4.78 is 40.5. The Labute approximate surface area is 368 Å². The fourth-order valence-electron chi connectivity index (χ4n) is 7.24. The Hall–Kier alpha value is -5.52. The molecule has 3 aromatic heterocycles. The number of esters is 2. The van der Waals surface area contributed by atoms with Gasteiger partial charge in [-0.1, -0.05) is 52.8 Å². The van der Waals surface area contributed by atoms with Crippen molar-refractivity contribution in [3.8, 4) is 23.2 Å². The number of aliphatic hydroxyl groups excluding tert-OH is 1. The number of hydrogen-bond acceptors (Lipinski definition) is 16. The third-order valence-electron chi connectivity index (χ3n) is 11.6. The van der Waals surface area contributed by atoms with Crippen molar-refractivity contribution in [3.05, 3.63) is 60.9 Å². The third kappa shape index (κ3) is 14.8. The lowest BCUT2D eigenvalue weighted by molar-refractivity contribution is -0.159. The summed E-state index contributed by atoms with van der Waals surface area (Å²) in [6, 6.07) is 0. The van der Waals surface area contributed by atoms with E-state index in [2.05, 4.69) is 15.0 Å². The van der Waals surface area contributed by atoms with Crippen LogP contribution in [0.5, 0.6) is 0 Å². The summed E-state index contributed by atoms with van der Waals surface area (Å²) in [6.07, 6.45) is 12.3. The largest absolute Gasteiger partial charge is 0.462 e. The molecule has 0 aromatic carbocycles. The number of amides is 1. The normalized spacial score (nSPS) is 24.5. The number of fused-ring (bicyclic) bond motifs is 8. The zero-order valence-electron chi connectivity index (χ0n) is 37.6. The highest BCUT2D eigenvalue weighted by Crippen LogP contribution is 2.31. The molecule has 0 spiro atoms. The van der Waals surface area contributed by atoms with Gasteiger partial charge in [-0.15, -0.1) is 0 Å². The number of aliphatic hydroxyl groups is 1. The summed E-state index contributed by atoms with van der Waals surface area (Å²) in [6.45, 7) is 10.5. The smallest absolute Gasteiger partial charge is 0.308 e. The zero-order valence-corrected chi connectivity index (χ0v) is 37.6. The minimum absolute atomic E-state index is 0.0349. The molecular formula is C46H62N4O13. The van der Waals surface area contributed by atoms with Gasteiger partial charge in [0.2, 0.25) is 24.1 Å². The van der Waals surface area contributed by atoms with Crippen molar-refractivity contribution in [2.75, 3.05) is 21.3 Å². The number of hydrogen-bond donors (Lipinski definition) is 1. The minimum atomic E-state index is -1.13. The Morgan fingerprint density at radius 3 is 2.32 bits per heavy atom. The van der Waals surface area contributed by atoms with Gasteiger partial charge in [0.15, 0.2) is 17.2 Å². The first-order chi connectivity index (χ1) is 30.0. The van der Waals surface area contributed by atoms with Crippen LogP contribution in [0.25, 0.3) is 29.2 Å². The molecule has 0 saturated heterocycles. The molecule has 1 aliphatic heterocycles. The molecule has 1 amide bonds. The highest BCUT2D eigenvalue weighted by Gasteiger charge is 2.34. The van der Waals surface area contributed by atoms with Crippen molar-refractivity contribution in [3.63, 3.8) is 0 Å². The van der Waals surface area contributed by atoms with Gasteiger partial charge >= 0.3 is 11.9 Å². The third-order valence-corrected chi connectivity index (χ3v) is 11.6. The summed E-state index contributed by atoms with van der Waals surface area (Å²) in [5.74, 6) is -2.75. The van der Waals surface area contributed by atoms with E-state index in [1.54, 1.807) is 59.5 Å². The summed E-state index contributed by atoms with van der Waals surface area (Å²) in [5.41, 5.74) is 1.24. The number of cyclic esters (lactones) is 1. The predicted molar refractivity (Wildman–Crippen MR) is 229 cm³/mol. The molecule has 4 rings (SSSR count). The summed E-state index contributed by atoms with van der Waals surface area (Å²) in [7, 11) is 4.69. The standard InChI is InChI=1S/C46H62N4O13/c1-27(18-19-38(55)30(4)40(62-32(6)52)16-12-20-50(7)26-51)41(58-9)22-42-31(5)39(57-8)15-11-17-43-47-35(24-59-43)45-49-36(25-61-45)46-48-34(23-60-46)28(2)29(3)37(54)14-10-13-33(53)21-44(56)63-42/h10-12,14,17,20,23-31,33,39-42,53H,13,15-16,18-19,21-22H2,1-9H3/b14-10+,17-11+,20-12+. The molecule has 6 bridgehead atoms. The molecule has 4 heterocycles. The number of nitrogens with zero attached hydrogens (tertiary/aromatic N) is 4. The van der Waals surface area contributed by atoms with Crippen LogP contribution in [-0.4, -0.2) is 107 Å². The zero-order chi connectivity index (χ0) is 46.2. The van der Waals surface area contributed by atoms with Gasteiger partial charge in [0.25, 0.3) is 0 Å². The molecule has 1 N–H and O–H groups in total. The fourth-order valence-corrected chi connectivity index (χ4v) is 7.24. The van der Waals surface area contributed by atoms with E-state index in [4.69, 9.17) is 32.2 Å². The monoisotopic (exact) mass is 878 g/mol. The van der Waals surface area contributed by atoms with Crippen molar-refractivity contribution in [2.45, 2.75) is 123 Å². The molecule has 17 heteroatoms. The number of ether oxygens (including phenoxy) is 4. The van der Waals surface area contributed by atoms with Crippen molar-refractivity contribution in [1.29, 1.82) is 0 Å². The number of allylic oxidation sites excluding steroid dienone is 1. The van der Waals surface area contributed by atoms with Crippen molar-refractivity contribution < 1.29 is 61.3 Å². The summed E-state index contributed by atoms with van der Waals surface area (Å²) in [5, 5.41) is 10.9. The van der Waals surface area contributed by atoms with E-state index in [-0.39, 0.29) is 79.1 Å². The Morgan fingerprint density at radius 2 is 1.62 bits per heavy atom. The molecule has 0 radical (unpaired) electrons. The van der Waals surface area contributed by atoms with Gasteiger partial charge in [-0.3, -0.25) is 24.0 Å². The van der Waals surface area contributed by atoms with E-state index in [0.717, 1.165) is 0 Å². The van der Waals surface area contributed by atoms with Crippen molar-refractivity contribution in [1.82, 2.24) is 19.9 Å². The number of rotatable bonds is 15. The Bertz CT molecular complexity index is 2050. The molecular weight excluding hydrogens is 817 g/mol. The van der Waals surface area contributed by atoms with E-state index in [1.165, 1.54) is 36.7 Å². The Kier molecular flexibility index (Phi) is 19.4. The number of aromatic nitrogens is 3. The number of oxazole rings is 3. The SMILES string of the molecule is COC(CC1OC(=O)CC(O)C/C=C/C(=O)C(C)C(C)c2coc(n2)-c2coc(n2)-c2coc(n2)/C=C/CC(OC)C1C)C(C)CCC(=O)C(C)C(C/C=C/N(C)C=O)OC(C)=O. The van der Waals surface area contributed by atoms with Crippen LogP contribution in [0, 0.1) is 23.7 Å². The van der Waals surface area contributed by atoms with E-state index in [1.807, 2.05) is 26.8 Å². The Morgan fingerprint density at radius 1 is 0.937 bits per heavy atom. The summed E-state index contributed by atoms with van der Waals surface area (Å²) >= 11 is 0. The minimum Gasteiger partial charge on any atom is -0.462 e. The molecule has 0 fully saturated rings. The van der Waals surface area contributed by atoms with Crippen LogP contribution >= 0.6 is 0 Å². The maximum absolute atomic E-state index is 13.5. The average molecular weight is 879 g/mol. The van der Waals surface area contributed by atoms with E-state index in [0.29, 0.717) is 36.3 Å². The van der Waals surface area contributed by atoms with E-state index < -0.39 is 54.3 Å². The highest BCUT2D eigenvalue weighted by molar-refractivity contribution is 5.92. The van der Waals surface area contributed by atoms with Crippen LogP contribution in [0.4, 0.5) is 0 Å². The molecule has 17 nitrogen and oxygen atoms in total. The van der Waals surface area contributed by atoms with Gasteiger partial charge in [0, 0.05) is 71.4 Å². The van der Waals surface area contributed by atoms with Gasteiger partial charge in [-0.25, -0.2) is 15.0 Å². The van der Waals surface area contributed by atoms with Gasteiger partial charge in [-0.05, 0) is 37.3 Å². The van der Waals surface area contributed by atoms with Gasteiger partial charge in [0.05, 0.1) is 36.3 Å². The quantitative estimate of drug-likeness (QED) is 0.121. The molecule has 3 aromatic rings. The lowest BCUT2D eigenvalue weighted by atomic mass is 9.85. The van der Waals surface area contributed by atoms with Crippen LogP contribution in [-0.2, 0) is 42.9 Å². The maximum Gasteiger partial charge on any atom is 0.308 e. The van der Waals surface area contributed by atoms with Crippen LogP contribution < -0.4 is 0 Å². The van der Waals surface area contributed by atoms with Crippen LogP contribution in [0.2, 0.25) is 0 Å². The molecule has 344 valence electrons. The van der Waals surface area contributed by atoms with Crippen LogP contribution in [0.3, 0.4) is 0 Å². The number of Topliss-reactive ketones (excluding diaryl/α,β-unsaturated/α-hetero) is 1. The summed E-state index contributed by atoms with van der Waals surface area (Å²) in [4.78, 5) is 77.7. The number of carbonyl (C=O) groups is 5. The molecule has 63 heavy (non-hydrogen) atoms. The van der Waals surface area contributed by atoms with Crippen LogP contribution in [0.1, 0.15) is 104 Å². The number of methoxy groups -OCH3 is 2. The second kappa shape index (κ2) is 24.4. The lowest BCUT2D eigenvalue weighted by Gasteiger charge is -2.33. The van der Waals surface area contributed by atoms with Crippen LogP contribution in [0.15, 0.2) is 62.5 Å². The number of ketones is 2. The van der Waals surface area contributed by atoms with Crippen molar-refractivity contribution in [2.24, 2.45) is 23.7 Å². The first-order valence-electron chi connectivity index (χ1n) is 21.3. The van der Waals surface area contributed by atoms with Gasteiger partial charge in [0.1, 0.15) is 36.8 Å². The first-order valence-corrected chi connectivity index (χ1v) is 21.3. The van der Waals surface area contributed by atoms with E-state index in [9.17, 15) is 29.1 Å². The average Bonchev–Trinajstić information content (AvgIpc) is 4.06. The second-order valence-corrected chi connectivity index (χ2v) is 16.3. The first kappa shape index (κ1) is 50.1. The van der Waals surface area contributed by atoms with E-state index >= 15 is 0 Å². The Balaban J connectivity index is 1.53. The molecule has 1 aliphatic rings. The number of carbonyl (C=O) groups excluding carboxylic acids is 5. The highest BCUT2D eigenvalue weighted by atomic mass is 16.6. The topological polar surface area (TPSA) is 224 Å². The lowest BCUT2D eigenvalue weighted by Crippen LogP contribution is -2.39. The molecule has 10 atom stereocenters. The van der Waals surface area contributed by atoms with Gasteiger partial charge in [-0.2, -0.15) is 0 Å². The predicted octanol–water partition coefficient (Wildman–Crippen LogP) is 6.92. The second-order valence-electron chi connectivity index (χ2n) is 16.3. The molecule has 0 aliphatic carbocycles. The molecule has 10 unspecified atom stereocenters. The fraction of sp³-hybridized carbons (Fsp3) is 0.565. The van der Waals surface area contributed by atoms with Crippen molar-refractivity contribution >= 4 is 36.0 Å². The maximum atomic E-state index is 13.5. The van der Waals surface area contributed by atoms with Gasteiger partial charge < -0.3 is 42.2 Å². The molecule has 0 saturated carbocycles.